The van der Waals surface area contributed by atoms with Crippen LogP contribution in [0, 0.1) is 11.6 Å². The molecule has 0 unspecified atom stereocenters. The molecule has 0 saturated heterocycles. The fourth-order valence-corrected chi connectivity index (χ4v) is 1.37. The van der Waals surface area contributed by atoms with E-state index in [-0.39, 0.29) is 4.47 Å². The Kier molecular flexibility index (Phi) is 3.17. The maximum atomic E-state index is 13.0. The fourth-order valence-electron chi connectivity index (χ4n) is 0.908. The molecule has 4 heteroatoms. The lowest BCUT2D eigenvalue weighted by Gasteiger charge is -2.05. The summed E-state index contributed by atoms with van der Waals surface area (Å²) in [5.74, 6) is -0.848. The SMILES string of the molecule is CNCc1c(F)ccc(F)c1Br. The van der Waals surface area contributed by atoms with Crippen LogP contribution in [0.25, 0.3) is 0 Å². The van der Waals surface area contributed by atoms with Gasteiger partial charge < -0.3 is 5.32 Å². The number of hydrogen-bond donors (Lipinski definition) is 1. The summed E-state index contributed by atoms with van der Waals surface area (Å²) < 4.78 is 26.0. The molecule has 0 bridgehead atoms. The molecule has 0 amide bonds. The van der Waals surface area contributed by atoms with Crippen molar-refractivity contribution in [2.24, 2.45) is 0 Å². The predicted molar refractivity (Wildman–Crippen MR) is 46.8 cm³/mol. The Hall–Kier alpha value is -0.480. The highest BCUT2D eigenvalue weighted by molar-refractivity contribution is 9.10. The largest absolute Gasteiger partial charge is 0.316 e. The molecule has 0 aromatic heterocycles. The minimum Gasteiger partial charge on any atom is -0.316 e. The van der Waals surface area contributed by atoms with Gasteiger partial charge in [0, 0.05) is 12.1 Å². The van der Waals surface area contributed by atoms with Crippen molar-refractivity contribution in [1.82, 2.24) is 5.32 Å². The molecule has 0 aliphatic carbocycles. The summed E-state index contributed by atoms with van der Waals surface area (Å²) in [6, 6.07) is 2.21. The van der Waals surface area contributed by atoms with Crippen LogP contribution in [-0.4, -0.2) is 7.05 Å². The monoisotopic (exact) mass is 235 g/mol. The van der Waals surface area contributed by atoms with Gasteiger partial charge in [-0.05, 0) is 35.1 Å². The molecule has 12 heavy (non-hydrogen) atoms. The zero-order valence-electron chi connectivity index (χ0n) is 6.50. The fraction of sp³-hybridized carbons (Fsp3) is 0.250. The molecule has 1 rings (SSSR count). The maximum Gasteiger partial charge on any atom is 0.137 e. The molecule has 1 N–H and O–H groups in total. The van der Waals surface area contributed by atoms with Crippen molar-refractivity contribution in [2.75, 3.05) is 7.05 Å². The van der Waals surface area contributed by atoms with E-state index < -0.39 is 11.6 Å². The van der Waals surface area contributed by atoms with Gasteiger partial charge in [-0.1, -0.05) is 0 Å². The second kappa shape index (κ2) is 3.96. The molecule has 1 aromatic carbocycles. The second-order valence-electron chi connectivity index (χ2n) is 2.35. The Morgan fingerprint density at radius 3 is 2.50 bits per heavy atom. The van der Waals surface area contributed by atoms with Gasteiger partial charge in [0.05, 0.1) is 4.47 Å². The molecule has 0 aliphatic heterocycles. The van der Waals surface area contributed by atoms with Gasteiger partial charge in [0.15, 0.2) is 0 Å². The van der Waals surface area contributed by atoms with Crippen LogP contribution in [0.2, 0.25) is 0 Å². The van der Waals surface area contributed by atoms with E-state index in [0.717, 1.165) is 12.1 Å². The van der Waals surface area contributed by atoms with Gasteiger partial charge >= 0.3 is 0 Å². The van der Waals surface area contributed by atoms with Gasteiger partial charge in [0.2, 0.25) is 0 Å². The van der Waals surface area contributed by atoms with Crippen molar-refractivity contribution in [3.05, 3.63) is 33.8 Å². The summed E-state index contributed by atoms with van der Waals surface area (Å²) in [5.41, 5.74) is 0.317. The van der Waals surface area contributed by atoms with E-state index in [2.05, 4.69) is 21.2 Å². The van der Waals surface area contributed by atoms with Crippen LogP contribution >= 0.6 is 15.9 Å². The lowest BCUT2D eigenvalue weighted by atomic mass is 10.2. The summed E-state index contributed by atoms with van der Waals surface area (Å²) in [6.07, 6.45) is 0. The summed E-state index contributed by atoms with van der Waals surface area (Å²) in [5, 5.41) is 2.76. The minimum absolute atomic E-state index is 0.192. The Labute approximate surface area is 77.9 Å². The van der Waals surface area contributed by atoms with Crippen molar-refractivity contribution in [3.8, 4) is 0 Å². The molecular weight excluding hydrogens is 228 g/mol. The molecule has 0 spiro atoms. The van der Waals surface area contributed by atoms with Gasteiger partial charge in [-0.15, -0.1) is 0 Å². The van der Waals surface area contributed by atoms with Crippen LogP contribution in [-0.2, 0) is 6.54 Å². The third-order valence-corrected chi connectivity index (χ3v) is 2.35. The van der Waals surface area contributed by atoms with Crippen LogP contribution in [0.4, 0.5) is 8.78 Å². The molecule has 0 heterocycles. The number of benzene rings is 1. The first-order chi connectivity index (χ1) is 5.66. The third kappa shape index (κ3) is 1.81. The number of nitrogens with one attached hydrogen (secondary N) is 1. The van der Waals surface area contributed by atoms with Crippen molar-refractivity contribution in [1.29, 1.82) is 0 Å². The van der Waals surface area contributed by atoms with E-state index >= 15 is 0 Å². The Balaban J connectivity index is 3.14. The van der Waals surface area contributed by atoms with Crippen LogP contribution in [0.5, 0.6) is 0 Å². The Bertz CT molecular complexity index is 289. The van der Waals surface area contributed by atoms with E-state index in [1.54, 1.807) is 7.05 Å². The quantitative estimate of drug-likeness (QED) is 0.777. The van der Waals surface area contributed by atoms with Crippen molar-refractivity contribution in [2.45, 2.75) is 6.54 Å². The van der Waals surface area contributed by atoms with Crippen molar-refractivity contribution in [3.63, 3.8) is 0 Å². The second-order valence-corrected chi connectivity index (χ2v) is 3.15. The van der Waals surface area contributed by atoms with Crippen LogP contribution in [0.1, 0.15) is 5.56 Å². The number of hydrogen-bond acceptors (Lipinski definition) is 1. The zero-order chi connectivity index (χ0) is 9.14. The standard InChI is InChI=1S/C8H8BrF2N/c1-12-4-5-6(10)2-3-7(11)8(5)9/h2-3,12H,4H2,1H3. The molecule has 66 valence electrons. The Morgan fingerprint density at radius 1 is 1.33 bits per heavy atom. The smallest absolute Gasteiger partial charge is 0.137 e. The molecule has 0 radical (unpaired) electrons. The summed E-state index contributed by atoms with van der Waals surface area (Å²) in [7, 11) is 1.68. The van der Waals surface area contributed by atoms with Gasteiger partial charge in [0.25, 0.3) is 0 Å². The van der Waals surface area contributed by atoms with E-state index in [1.807, 2.05) is 0 Å². The topological polar surface area (TPSA) is 12.0 Å². The molecule has 1 nitrogen and oxygen atoms in total. The summed E-state index contributed by atoms with van der Waals surface area (Å²) >= 11 is 2.98. The maximum absolute atomic E-state index is 13.0. The van der Waals surface area contributed by atoms with Gasteiger partial charge in [-0.3, -0.25) is 0 Å². The molecule has 0 aliphatic rings. The van der Waals surface area contributed by atoms with Crippen LogP contribution < -0.4 is 5.32 Å². The highest BCUT2D eigenvalue weighted by atomic mass is 79.9. The predicted octanol–water partition coefficient (Wildman–Crippen LogP) is 2.45. The Morgan fingerprint density at radius 2 is 1.92 bits per heavy atom. The van der Waals surface area contributed by atoms with E-state index in [4.69, 9.17) is 0 Å². The molecule has 0 saturated carbocycles. The van der Waals surface area contributed by atoms with Gasteiger partial charge in [-0.25, -0.2) is 8.78 Å². The van der Waals surface area contributed by atoms with E-state index in [0.29, 0.717) is 12.1 Å². The zero-order valence-corrected chi connectivity index (χ0v) is 8.08. The molecule has 0 fully saturated rings. The third-order valence-electron chi connectivity index (χ3n) is 1.49. The first-order valence-electron chi connectivity index (χ1n) is 3.43. The lowest BCUT2D eigenvalue weighted by molar-refractivity contribution is 0.572. The normalized spacial score (nSPS) is 10.3. The summed E-state index contributed by atoms with van der Waals surface area (Å²) in [4.78, 5) is 0. The number of halogens is 3. The molecular formula is C8H8BrF2N. The molecule has 1 aromatic rings. The average molecular weight is 236 g/mol. The molecule has 0 atom stereocenters. The lowest BCUT2D eigenvalue weighted by Crippen LogP contribution is -2.08. The van der Waals surface area contributed by atoms with Crippen molar-refractivity contribution < 1.29 is 8.78 Å². The highest BCUT2D eigenvalue weighted by Gasteiger charge is 2.09. The van der Waals surface area contributed by atoms with E-state index in [9.17, 15) is 8.78 Å². The van der Waals surface area contributed by atoms with E-state index in [1.165, 1.54) is 0 Å². The van der Waals surface area contributed by atoms with Gasteiger partial charge in [-0.2, -0.15) is 0 Å². The van der Waals surface area contributed by atoms with Crippen LogP contribution in [0.3, 0.4) is 0 Å². The van der Waals surface area contributed by atoms with Crippen molar-refractivity contribution >= 4 is 15.9 Å². The number of rotatable bonds is 2. The first-order valence-corrected chi connectivity index (χ1v) is 4.23. The average Bonchev–Trinajstić information content (AvgIpc) is 2.06. The highest BCUT2D eigenvalue weighted by Crippen LogP contribution is 2.22. The summed E-state index contributed by atoms with van der Waals surface area (Å²) in [6.45, 7) is 0.310. The first kappa shape index (κ1) is 9.61. The van der Waals surface area contributed by atoms with Gasteiger partial charge in [0.1, 0.15) is 11.6 Å². The minimum atomic E-state index is -0.443. The van der Waals surface area contributed by atoms with Crippen LogP contribution in [0.15, 0.2) is 16.6 Å².